The molecule has 8 N–H and O–H groups in total. The van der Waals surface area contributed by atoms with Gasteiger partial charge >= 0.3 is 59.1 Å². The molecule has 18 heteroatoms. The molecule has 4 aromatic carbocycles. The molecule has 0 bridgehead atoms. The summed E-state index contributed by atoms with van der Waals surface area (Å²) in [6.45, 7) is -1.25. The number of carbonyl (C=O) groups excluding carboxylic acids is 2. The molecule has 0 saturated carbocycles. The van der Waals surface area contributed by atoms with Gasteiger partial charge in [-0.25, -0.2) is 0 Å². The maximum Gasteiger partial charge on any atom is 1.00 e. The van der Waals surface area contributed by atoms with Crippen LogP contribution in [-0.4, -0.2) is 127 Å². The van der Waals surface area contributed by atoms with Gasteiger partial charge in [-0.1, -0.05) is 73.5 Å². The number of rotatable bonds is 19. The maximum atomic E-state index is 11.4. The van der Waals surface area contributed by atoms with Gasteiger partial charge in [0.05, 0.1) is 13.2 Å². The van der Waals surface area contributed by atoms with Gasteiger partial charge in [0.15, 0.2) is 0 Å². The van der Waals surface area contributed by atoms with Crippen LogP contribution in [0.25, 0.3) is 22.3 Å². The van der Waals surface area contributed by atoms with Gasteiger partial charge in [-0.3, -0.25) is 0 Å². The normalized spacial score (nSPS) is 25.4. The van der Waals surface area contributed by atoms with Crippen molar-refractivity contribution in [3.63, 3.8) is 0 Å². The number of carbonyl (C=O) groups is 2. The third-order valence-corrected chi connectivity index (χ3v) is 11.1. The predicted octanol–water partition coefficient (Wildman–Crippen LogP) is -6.68. The number of aliphatic hydroxyl groups excluding tert-OH is 8. The van der Waals surface area contributed by atoms with Crippen LogP contribution in [-0.2, 0) is 44.7 Å². The number of hydrogen-bond acceptors (Lipinski definition) is 16. The van der Waals surface area contributed by atoms with E-state index in [4.69, 9.17) is 18.9 Å². The standard InChI is InChI=1S/C46H54O16.2Na/c47-23-35-39(53)41(55)43(57)45(61-35)59-33-15-13-25(19-31(33)29-11-5-9-27(17-29)21-37(49)50)7-3-1-2-4-8-26-14-16-34(60-46-44(58)42(56)40(54)36(24-48)62-46)32(20-26)30-12-6-10-28(18-30)22-38(51)52;;/h5-6,9-20,35-36,39-48,53-58H,1-4,7-8,21-24H2,(H,49,50)(H,51,52);;/q;2*+1/p-2. The van der Waals surface area contributed by atoms with E-state index in [1.165, 1.54) is 0 Å². The Morgan fingerprint density at radius 1 is 0.500 bits per heavy atom. The Bertz CT molecular complexity index is 1990. The van der Waals surface area contributed by atoms with Crippen LogP contribution in [0.1, 0.15) is 47.9 Å². The van der Waals surface area contributed by atoms with E-state index in [1.807, 2.05) is 24.3 Å². The molecular weight excluding hydrogens is 854 g/mol. The van der Waals surface area contributed by atoms with Crippen molar-refractivity contribution in [1.29, 1.82) is 0 Å². The molecule has 16 nitrogen and oxygen atoms in total. The van der Waals surface area contributed by atoms with Gasteiger partial charge in [-0.05, 0) is 83.3 Å². The summed E-state index contributed by atoms with van der Waals surface area (Å²) in [5, 5.41) is 104. The fourth-order valence-corrected chi connectivity index (χ4v) is 7.74. The van der Waals surface area contributed by atoms with Crippen LogP contribution in [0.15, 0.2) is 84.9 Å². The quantitative estimate of drug-likeness (QED) is 0.0321. The first-order valence-corrected chi connectivity index (χ1v) is 20.5. The summed E-state index contributed by atoms with van der Waals surface area (Å²) in [4.78, 5) is 22.7. The largest absolute Gasteiger partial charge is 1.00 e. The van der Waals surface area contributed by atoms with Crippen molar-refractivity contribution in [2.45, 2.75) is 113 Å². The number of benzene rings is 4. The van der Waals surface area contributed by atoms with Gasteiger partial charge in [-0.2, -0.15) is 0 Å². The summed E-state index contributed by atoms with van der Waals surface area (Å²) in [6.07, 6.45) is -10.7. The minimum Gasteiger partial charge on any atom is -0.550 e. The van der Waals surface area contributed by atoms with Crippen molar-refractivity contribution >= 4 is 11.9 Å². The van der Waals surface area contributed by atoms with Crippen LogP contribution in [0.2, 0.25) is 0 Å². The number of aryl methyl sites for hydroxylation is 2. The second-order valence-corrected chi connectivity index (χ2v) is 15.7. The van der Waals surface area contributed by atoms with Crippen molar-refractivity contribution in [1.82, 2.24) is 0 Å². The van der Waals surface area contributed by atoms with E-state index in [9.17, 15) is 60.7 Å². The molecule has 10 atom stereocenters. The van der Waals surface area contributed by atoms with Gasteiger partial charge in [0.2, 0.25) is 12.6 Å². The topological polar surface area (TPSA) is 279 Å². The van der Waals surface area contributed by atoms with Crippen molar-refractivity contribution in [2.75, 3.05) is 13.2 Å². The smallest absolute Gasteiger partial charge is 0.550 e. The zero-order chi connectivity index (χ0) is 44.5. The second kappa shape index (κ2) is 25.2. The summed E-state index contributed by atoms with van der Waals surface area (Å²) >= 11 is 0. The second-order valence-electron chi connectivity index (χ2n) is 15.7. The molecule has 2 aliphatic rings. The molecule has 2 heterocycles. The van der Waals surface area contributed by atoms with E-state index in [0.29, 0.717) is 46.2 Å². The average molecular weight is 907 g/mol. The van der Waals surface area contributed by atoms with Crippen molar-refractivity contribution in [2.24, 2.45) is 0 Å². The number of carboxylic acid groups (broad SMARTS) is 2. The molecule has 0 aromatic heterocycles. The van der Waals surface area contributed by atoms with Crippen LogP contribution in [0.4, 0.5) is 0 Å². The number of unbranched alkanes of at least 4 members (excludes halogenated alkanes) is 3. The molecule has 4 aromatic rings. The molecule has 2 aliphatic heterocycles. The molecule has 334 valence electrons. The van der Waals surface area contributed by atoms with E-state index in [1.54, 1.807) is 60.7 Å². The number of carboxylic acids is 2. The first-order chi connectivity index (χ1) is 29.8. The van der Waals surface area contributed by atoms with Gasteiger partial charge in [0.1, 0.15) is 60.3 Å². The molecule has 0 aliphatic carbocycles. The molecular formula is C46H52Na2O16. The Balaban J connectivity index is 0.00000449. The van der Waals surface area contributed by atoms with Crippen LogP contribution in [0, 0.1) is 0 Å². The first kappa shape index (κ1) is 53.6. The Labute approximate surface area is 414 Å². The zero-order valence-electron chi connectivity index (χ0n) is 35.8. The first-order valence-electron chi connectivity index (χ1n) is 20.5. The molecule has 6 rings (SSSR count). The monoisotopic (exact) mass is 906 g/mol. The minimum absolute atomic E-state index is 0. The zero-order valence-corrected chi connectivity index (χ0v) is 39.8. The molecule has 10 unspecified atom stereocenters. The van der Waals surface area contributed by atoms with Crippen LogP contribution in [0.5, 0.6) is 11.5 Å². The average Bonchev–Trinajstić information content (AvgIpc) is 3.25. The maximum absolute atomic E-state index is 11.4. The van der Waals surface area contributed by atoms with Gasteiger partial charge in [0, 0.05) is 35.9 Å². The Morgan fingerprint density at radius 3 is 1.25 bits per heavy atom. The molecule has 2 fully saturated rings. The molecule has 0 amide bonds. The number of aliphatic carboxylic acids is 2. The molecule has 0 radical (unpaired) electrons. The van der Waals surface area contributed by atoms with E-state index in [0.717, 1.165) is 36.8 Å². The Kier molecular flexibility index (Phi) is 21.1. The predicted molar refractivity (Wildman–Crippen MR) is 216 cm³/mol. The summed E-state index contributed by atoms with van der Waals surface area (Å²) in [5.74, 6) is -1.96. The summed E-state index contributed by atoms with van der Waals surface area (Å²) in [6, 6.07) is 24.5. The van der Waals surface area contributed by atoms with E-state index in [2.05, 4.69) is 0 Å². The number of aliphatic hydroxyl groups is 8. The number of hydrogen-bond donors (Lipinski definition) is 8. The van der Waals surface area contributed by atoms with E-state index >= 15 is 0 Å². The third-order valence-electron chi connectivity index (χ3n) is 11.1. The summed E-state index contributed by atoms with van der Waals surface area (Å²) in [7, 11) is 0. The number of ether oxygens (including phenoxy) is 4. The van der Waals surface area contributed by atoms with Gasteiger partial charge in [-0.15, -0.1) is 0 Å². The van der Waals surface area contributed by atoms with Crippen LogP contribution < -0.4 is 78.8 Å². The fraction of sp³-hybridized carbons (Fsp3) is 0.435. The summed E-state index contributed by atoms with van der Waals surface area (Å²) in [5.41, 5.74) is 5.29. The minimum atomic E-state index is -1.64. The van der Waals surface area contributed by atoms with Gasteiger partial charge in [0.25, 0.3) is 0 Å². The van der Waals surface area contributed by atoms with Crippen molar-refractivity contribution in [3.8, 4) is 33.8 Å². The van der Waals surface area contributed by atoms with Crippen molar-refractivity contribution < 1.29 is 139 Å². The molecule has 0 spiro atoms. The van der Waals surface area contributed by atoms with Gasteiger partial charge < -0.3 is 79.6 Å². The van der Waals surface area contributed by atoms with E-state index < -0.39 is 86.6 Å². The third kappa shape index (κ3) is 13.8. The van der Waals surface area contributed by atoms with Crippen LogP contribution >= 0.6 is 0 Å². The summed E-state index contributed by atoms with van der Waals surface area (Å²) < 4.78 is 23.2. The molecule has 64 heavy (non-hydrogen) atoms. The Morgan fingerprint density at radius 2 is 0.891 bits per heavy atom. The van der Waals surface area contributed by atoms with E-state index in [-0.39, 0.29) is 83.5 Å². The van der Waals surface area contributed by atoms with Crippen LogP contribution in [0.3, 0.4) is 0 Å². The fourth-order valence-electron chi connectivity index (χ4n) is 7.74. The molecule has 2 saturated heterocycles. The van der Waals surface area contributed by atoms with Crippen molar-refractivity contribution in [3.05, 3.63) is 107 Å². The Hall–Kier alpha value is -2.98. The SMILES string of the molecule is O=C([O-])Cc1cccc(-c2cc(CCCCCCc3ccc(OC4OC(CO)C(O)C(O)C4O)c(-c4cccc(CC(=O)[O-])c4)c3)ccc2OC2OC(CO)C(O)C(O)C2O)c1.[Na+].[Na+].